The number of benzene rings is 1. The standard InChI is InChI=1S/C15H18INO3/c16-12-7-5-6-11(10-12)13(18)17-15(14(19)20)8-3-1-2-4-9-15/h5-7,10H,1-4,8-9H2,(H,17,18)(H,19,20). The number of hydrogen-bond acceptors (Lipinski definition) is 2. The maximum atomic E-state index is 12.3. The summed E-state index contributed by atoms with van der Waals surface area (Å²) in [7, 11) is 0. The smallest absolute Gasteiger partial charge is 0.329 e. The Kier molecular flexibility index (Phi) is 5.01. The van der Waals surface area contributed by atoms with Crippen molar-refractivity contribution in [2.75, 3.05) is 0 Å². The highest BCUT2D eigenvalue weighted by molar-refractivity contribution is 14.1. The van der Waals surface area contributed by atoms with Gasteiger partial charge in [-0.3, -0.25) is 4.79 Å². The average Bonchev–Trinajstić information content (AvgIpc) is 2.65. The molecule has 0 aliphatic heterocycles. The molecule has 20 heavy (non-hydrogen) atoms. The first-order chi connectivity index (χ1) is 9.53. The second-order valence-electron chi connectivity index (χ2n) is 5.27. The zero-order valence-electron chi connectivity index (χ0n) is 11.2. The molecule has 0 unspecified atom stereocenters. The summed E-state index contributed by atoms with van der Waals surface area (Å²) >= 11 is 2.14. The number of carbonyl (C=O) groups is 2. The first-order valence-corrected chi connectivity index (χ1v) is 7.93. The fourth-order valence-electron chi connectivity index (χ4n) is 2.64. The quantitative estimate of drug-likeness (QED) is 0.619. The van der Waals surface area contributed by atoms with Crippen molar-refractivity contribution in [1.29, 1.82) is 0 Å². The molecule has 1 aliphatic carbocycles. The molecule has 0 radical (unpaired) electrons. The Labute approximate surface area is 132 Å². The molecule has 2 N–H and O–H groups in total. The van der Waals surface area contributed by atoms with E-state index in [0.29, 0.717) is 18.4 Å². The maximum absolute atomic E-state index is 12.3. The molecule has 1 saturated carbocycles. The zero-order valence-corrected chi connectivity index (χ0v) is 13.4. The third-order valence-electron chi connectivity index (χ3n) is 3.81. The number of aliphatic carboxylic acids is 1. The minimum absolute atomic E-state index is 0.298. The fourth-order valence-corrected chi connectivity index (χ4v) is 3.19. The van der Waals surface area contributed by atoms with Crippen molar-refractivity contribution < 1.29 is 14.7 Å². The molecule has 0 spiro atoms. The molecule has 0 atom stereocenters. The molecule has 5 heteroatoms. The molecule has 1 aromatic carbocycles. The van der Waals surface area contributed by atoms with Crippen molar-refractivity contribution in [1.82, 2.24) is 5.32 Å². The number of hydrogen-bond donors (Lipinski definition) is 2. The Morgan fingerprint density at radius 2 is 1.80 bits per heavy atom. The van der Waals surface area contributed by atoms with Crippen LogP contribution in [0.4, 0.5) is 0 Å². The van der Waals surface area contributed by atoms with Crippen LogP contribution in [0, 0.1) is 3.57 Å². The van der Waals surface area contributed by atoms with Gasteiger partial charge in [0.1, 0.15) is 5.54 Å². The normalized spacial score (nSPS) is 18.1. The van der Waals surface area contributed by atoms with Gasteiger partial charge in [-0.15, -0.1) is 0 Å². The van der Waals surface area contributed by atoms with E-state index in [1.165, 1.54) is 0 Å². The van der Waals surface area contributed by atoms with E-state index in [4.69, 9.17) is 0 Å². The topological polar surface area (TPSA) is 66.4 Å². The van der Waals surface area contributed by atoms with Crippen molar-refractivity contribution in [2.24, 2.45) is 0 Å². The summed E-state index contributed by atoms with van der Waals surface area (Å²) in [4.78, 5) is 24.0. The van der Waals surface area contributed by atoms with E-state index in [1.807, 2.05) is 6.07 Å². The number of rotatable bonds is 3. The highest BCUT2D eigenvalue weighted by Gasteiger charge is 2.40. The highest BCUT2D eigenvalue weighted by Crippen LogP contribution is 2.28. The van der Waals surface area contributed by atoms with Crippen LogP contribution < -0.4 is 5.32 Å². The van der Waals surface area contributed by atoms with Gasteiger partial charge in [0, 0.05) is 9.13 Å². The Hall–Kier alpha value is -1.11. The molecule has 1 amide bonds. The van der Waals surface area contributed by atoms with E-state index >= 15 is 0 Å². The second-order valence-corrected chi connectivity index (χ2v) is 6.51. The van der Waals surface area contributed by atoms with Crippen LogP contribution in [-0.4, -0.2) is 22.5 Å². The van der Waals surface area contributed by atoms with Crippen molar-refractivity contribution in [2.45, 2.75) is 44.1 Å². The molecule has 0 aromatic heterocycles. The Balaban J connectivity index is 2.19. The van der Waals surface area contributed by atoms with E-state index in [9.17, 15) is 14.7 Å². The van der Waals surface area contributed by atoms with Gasteiger partial charge in [-0.05, 0) is 53.6 Å². The third-order valence-corrected chi connectivity index (χ3v) is 4.48. The zero-order chi connectivity index (χ0) is 14.6. The predicted octanol–water partition coefficient (Wildman–Crippen LogP) is 3.20. The molecular formula is C15H18INO3. The highest BCUT2D eigenvalue weighted by atomic mass is 127. The van der Waals surface area contributed by atoms with Gasteiger partial charge in [0.25, 0.3) is 5.91 Å². The lowest BCUT2D eigenvalue weighted by Gasteiger charge is -2.29. The summed E-state index contributed by atoms with van der Waals surface area (Å²) in [6, 6.07) is 7.18. The molecule has 1 aromatic rings. The van der Waals surface area contributed by atoms with Gasteiger partial charge in [0.15, 0.2) is 0 Å². The van der Waals surface area contributed by atoms with Crippen molar-refractivity contribution in [3.8, 4) is 0 Å². The molecule has 1 aliphatic rings. The number of carbonyl (C=O) groups excluding carboxylic acids is 1. The van der Waals surface area contributed by atoms with Crippen LogP contribution in [0.15, 0.2) is 24.3 Å². The molecular weight excluding hydrogens is 369 g/mol. The predicted molar refractivity (Wildman–Crippen MR) is 84.7 cm³/mol. The van der Waals surface area contributed by atoms with E-state index < -0.39 is 11.5 Å². The Bertz CT molecular complexity index is 508. The van der Waals surface area contributed by atoms with Crippen LogP contribution in [-0.2, 0) is 4.79 Å². The second kappa shape index (κ2) is 6.56. The SMILES string of the molecule is O=C(NC1(C(=O)O)CCCCCC1)c1cccc(I)c1. The van der Waals surface area contributed by atoms with E-state index in [0.717, 1.165) is 29.3 Å². The van der Waals surface area contributed by atoms with Crippen LogP contribution in [0.3, 0.4) is 0 Å². The number of halogens is 1. The van der Waals surface area contributed by atoms with E-state index in [1.54, 1.807) is 18.2 Å². The Morgan fingerprint density at radius 3 is 2.35 bits per heavy atom. The summed E-state index contributed by atoms with van der Waals surface area (Å²) in [5.74, 6) is -1.22. The van der Waals surface area contributed by atoms with Crippen LogP contribution in [0.1, 0.15) is 48.9 Å². The third kappa shape index (κ3) is 3.50. The number of amides is 1. The molecule has 0 heterocycles. The number of nitrogens with one attached hydrogen (secondary N) is 1. The van der Waals surface area contributed by atoms with Crippen molar-refractivity contribution in [3.63, 3.8) is 0 Å². The minimum atomic E-state index is -1.10. The van der Waals surface area contributed by atoms with Gasteiger partial charge < -0.3 is 10.4 Å². The minimum Gasteiger partial charge on any atom is -0.480 e. The van der Waals surface area contributed by atoms with Gasteiger partial charge in [0.2, 0.25) is 0 Å². The summed E-state index contributed by atoms with van der Waals surface area (Å²) in [5, 5.41) is 12.3. The van der Waals surface area contributed by atoms with Gasteiger partial charge in [0.05, 0.1) is 0 Å². The molecule has 108 valence electrons. The molecule has 2 rings (SSSR count). The van der Waals surface area contributed by atoms with Crippen molar-refractivity contribution in [3.05, 3.63) is 33.4 Å². The monoisotopic (exact) mass is 387 g/mol. The maximum Gasteiger partial charge on any atom is 0.329 e. The number of carboxylic acids is 1. The summed E-state index contributed by atoms with van der Waals surface area (Å²) in [6.07, 6.45) is 4.79. The van der Waals surface area contributed by atoms with E-state index in [2.05, 4.69) is 27.9 Å². The van der Waals surface area contributed by atoms with Crippen LogP contribution in [0.2, 0.25) is 0 Å². The molecule has 1 fully saturated rings. The van der Waals surface area contributed by atoms with Gasteiger partial charge in [-0.2, -0.15) is 0 Å². The van der Waals surface area contributed by atoms with Crippen LogP contribution in [0.25, 0.3) is 0 Å². The Morgan fingerprint density at radius 1 is 1.15 bits per heavy atom. The first-order valence-electron chi connectivity index (χ1n) is 6.85. The fraction of sp³-hybridized carbons (Fsp3) is 0.467. The van der Waals surface area contributed by atoms with Gasteiger partial charge in [-0.1, -0.05) is 31.7 Å². The van der Waals surface area contributed by atoms with Crippen LogP contribution >= 0.6 is 22.6 Å². The number of carboxylic acid groups (broad SMARTS) is 1. The summed E-state index contributed by atoms with van der Waals surface area (Å²) in [5.41, 5.74) is -0.587. The lowest BCUT2D eigenvalue weighted by Crippen LogP contribution is -2.54. The first kappa shape index (κ1) is 15.3. The molecule has 0 saturated heterocycles. The summed E-state index contributed by atoms with van der Waals surface area (Å²) < 4.78 is 0.959. The van der Waals surface area contributed by atoms with Crippen molar-refractivity contribution >= 4 is 34.5 Å². The molecule has 4 nitrogen and oxygen atoms in total. The summed E-state index contributed by atoms with van der Waals surface area (Å²) in [6.45, 7) is 0. The molecule has 0 bridgehead atoms. The lowest BCUT2D eigenvalue weighted by atomic mass is 9.90. The average molecular weight is 387 g/mol. The van der Waals surface area contributed by atoms with E-state index in [-0.39, 0.29) is 5.91 Å². The van der Waals surface area contributed by atoms with Gasteiger partial charge in [-0.25, -0.2) is 4.79 Å². The van der Waals surface area contributed by atoms with Gasteiger partial charge >= 0.3 is 5.97 Å². The largest absolute Gasteiger partial charge is 0.480 e. The lowest BCUT2D eigenvalue weighted by molar-refractivity contribution is -0.145. The van der Waals surface area contributed by atoms with Crippen LogP contribution in [0.5, 0.6) is 0 Å².